The summed E-state index contributed by atoms with van der Waals surface area (Å²) in [5, 5.41) is 22.2. The number of hydrogen-bond acceptors (Lipinski definition) is 7. The van der Waals surface area contributed by atoms with Crippen LogP contribution in [-0.4, -0.2) is 28.1 Å². The summed E-state index contributed by atoms with van der Waals surface area (Å²) in [7, 11) is 1.48. The number of para-hydroxylation sites is 1. The fourth-order valence-corrected chi connectivity index (χ4v) is 2.87. The van der Waals surface area contributed by atoms with Gasteiger partial charge in [0.2, 0.25) is 5.13 Å². The maximum Gasteiger partial charge on any atom is 0.270 e. The lowest BCUT2D eigenvalue weighted by molar-refractivity contribution is -0.384. The van der Waals surface area contributed by atoms with Gasteiger partial charge >= 0.3 is 0 Å². The van der Waals surface area contributed by atoms with Gasteiger partial charge in [0, 0.05) is 17.7 Å². The van der Waals surface area contributed by atoms with E-state index in [2.05, 4.69) is 15.5 Å². The second-order valence-electron chi connectivity index (χ2n) is 4.87. The molecule has 0 atom stereocenters. The number of rotatable bonds is 5. The molecule has 1 amide bonds. The van der Waals surface area contributed by atoms with Crippen molar-refractivity contribution in [2.75, 3.05) is 12.4 Å². The third-order valence-electron chi connectivity index (χ3n) is 3.30. The van der Waals surface area contributed by atoms with E-state index >= 15 is 0 Å². The Hall–Kier alpha value is -3.33. The molecule has 1 aromatic heterocycles. The molecule has 1 heterocycles. The number of amides is 1. The van der Waals surface area contributed by atoms with Crippen molar-refractivity contribution in [1.29, 1.82) is 0 Å². The average Bonchev–Trinajstić information content (AvgIpc) is 3.10. The van der Waals surface area contributed by atoms with Crippen LogP contribution in [0.4, 0.5) is 10.8 Å². The number of benzene rings is 2. The largest absolute Gasteiger partial charge is 0.496 e. The van der Waals surface area contributed by atoms with Gasteiger partial charge in [0.25, 0.3) is 11.6 Å². The number of ether oxygens (including phenoxy) is 1. The molecular formula is C16H12N4O4S. The van der Waals surface area contributed by atoms with Gasteiger partial charge in [-0.05, 0) is 12.1 Å². The van der Waals surface area contributed by atoms with Crippen LogP contribution in [0.15, 0.2) is 48.5 Å². The number of methoxy groups -OCH3 is 1. The van der Waals surface area contributed by atoms with Crippen LogP contribution in [0.5, 0.6) is 5.75 Å². The van der Waals surface area contributed by atoms with Gasteiger partial charge in [-0.3, -0.25) is 20.2 Å². The molecule has 0 aliphatic carbocycles. The summed E-state index contributed by atoms with van der Waals surface area (Å²) >= 11 is 1.13. The zero-order valence-electron chi connectivity index (χ0n) is 13.0. The normalized spacial score (nSPS) is 10.3. The smallest absolute Gasteiger partial charge is 0.270 e. The minimum Gasteiger partial charge on any atom is -0.496 e. The van der Waals surface area contributed by atoms with Crippen molar-refractivity contribution in [3.63, 3.8) is 0 Å². The van der Waals surface area contributed by atoms with Gasteiger partial charge < -0.3 is 4.74 Å². The second kappa shape index (κ2) is 7.05. The van der Waals surface area contributed by atoms with E-state index in [1.54, 1.807) is 36.4 Å². The molecule has 3 aromatic rings. The highest BCUT2D eigenvalue weighted by Crippen LogP contribution is 2.29. The van der Waals surface area contributed by atoms with E-state index < -0.39 is 4.92 Å². The Morgan fingerprint density at radius 2 is 2.00 bits per heavy atom. The predicted octanol–water partition coefficient (Wildman–Crippen LogP) is 3.37. The number of non-ortho nitro benzene ring substituents is 1. The van der Waals surface area contributed by atoms with Gasteiger partial charge in [0.05, 0.1) is 17.6 Å². The van der Waals surface area contributed by atoms with Crippen LogP contribution in [-0.2, 0) is 0 Å². The Bertz CT molecular complexity index is 941. The van der Waals surface area contributed by atoms with Gasteiger partial charge in [-0.25, -0.2) is 0 Å². The van der Waals surface area contributed by atoms with Crippen LogP contribution < -0.4 is 10.1 Å². The molecule has 25 heavy (non-hydrogen) atoms. The van der Waals surface area contributed by atoms with Gasteiger partial charge in [0.1, 0.15) is 10.8 Å². The molecule has 0 unspecified atom stereocenters. The van der Waals surface area contributed by atoms with Crippen LogP contribution in [0.2, 0.25) is 0 Å². The molecule has 126 valence electrons. The van der Waals surface area contributed by atoms with Crippen molar-refractivity contribution in [3.8, 4) is 16.3 Å². The molecule has 3 rings (SSSR count). The average molecular weight is 356 g/mol. The SMILES string of the molecule is COc1ccccc1C(=O)Nc1nnc(-c2cccc([N+](=O)[O-])c2)s1. The number of carbonyl (C=O) groups is 1. The zero-order chi connectivity index (χ0) is 17.8. The number of nitrogens with zero attached hydrogens (tertiary/aromatic N) is 3. The van der Waals surface area contributed by atoms with Crippen LogP contribution in [0, 0.1) is 10.1 Å². The summed E-state index contributed by atoms with van der Waals surface area (Å²) in [6.07, 6.45) is 0. The molecule has 0 bridgehead atoms. The highest BCUT2D eigenvalue weighted by molar-refractivity contribution is 7.18. The number of anilines is 1. The van der Waals surface area contributed by atoms with Crippen molar-refractivity contribution in [1.82, 2.24) is 10.2 Å². The lowest BCUT2D eigenvalue weighted by Gasteiger charge is -2.06. The number of aromatic nitrogens is 2. The first-order valence-electron chi connectivity index (χ1n) is 7.11. The van der Waals surface area contributed by atoms with Crippen LogP contribution in [0.3, 0.4) is 0 Å². The number of nitro benzene ring substituents is 1. The topological polar surface area (TPSA) is 107 Å². The Kier molecular flexibility index (Phi) is 4.66. The summed E-state index contributed by atoms with van der Waals surface area (Å²) in [5.41, 5.74) is 0.897. The van der Waals surface area contributed by atoms with Crippen LogP contribution in [0.1, 0.15) is 10.4 Å². The van der Waals surface area contributed by atoms with E-state index in [1.807, 2.05) is 0 Å². The first-order valence-corrected chi connectivity index (χ1v) is 7.93. The number of nitrogens with one attached hydrogen (secondary N) is 1. The number of carbonyl (C=O) groups excluding carboxylic acids is 1. The molecule has 9 heteroatoms. The lowest BCUT2D eigenvalue weighted by Crippen LogP contribution is -2.12. The Morgan fingerprint density at radius 3 is 2.76 bits per heavy atom. The van der Waals surface area contributed by atoms with Crippen molar-refractivity contribution in [3.05, 3.63) is 64.2 Å². The van der Waals surface area contributed by atoms with Gasteiger partial charge in [-0.15, -0.1) is 10.2 Å². The monoisotopic (exact) mass is 356 g/mol. The zero-order valence-corrected chi connectivity index (χ0v) is 13.8. The van der Waals surface area contributed by atoms with Crippen molar-refractivity contribution < 1.29 is 14.5 Å². The van der Waals surface area contributed by atoms with Gasteiger partial charge in [-0.2, -0.15) is 0 Å². The van der Waals surface area contributed by atoms with Crippen molar-refractivity contribution in [2.45, 2.75) is 0 Å². The predicted molar refractivity (Wildman–Crippen MR) is 92.9 cm³/mol. The Labute approximate surface area is 146 Å². The molecule has 0 spiro atoms. The molecule has 2 aromatic carbocycles. The summed E-state index contributed by atoms with van der Waals surface area (Å²) < 4.78 is 5.16. The van der Waals surface area contributed by atoms with Crippen molar-refractivity contribution >= 4 is 28.1 Å². The molecule has 0 aliphatic rings. The summed E-state index contributed by atoms with van der Waals surface area (Å²) in [5.74, 6) is 0.0719. The van der Waals surface area contributed by atoms with Crippen LogP contribution >= 0.6 is 11.3 Å². The molecule has 0 saturated heterocycles. The van der Waals surface area contributed by atoms with E-state index in [9.17, 15) is 14.9 Å². The molecule has 0 fully saturated rings. The number of hydrogen-bond donors (Lipinski definition) is 1. The summed E-state index contributed by atoms with van der Waals surface area (Å²) in [6.45, 7) is 0. The van der Waals surface area contributed by atoms with Gasteiger partial charge in [-0.1, -0.05) is 35.6 Å². The van der Waals surface area contributed by atoms with Gasteiger partial charge in [0.15, 0.2) is 0 Å². The fraction of sp³-hybridized carbons (Fsp3) is 0.0625. The first kappa shape index (κ1) is 16.5. The Morgan fingerprint density at radius 1 is 1.20 bits per heavy atom. The molecular weight excluding hydrogens is 344 g/mol. The van der Waals surface area contributed by atoms with E-state index in [1.165, 1.54) is 19.2 Å². The minimum atomic E-state index is -0.477. The summed E-state index contributed by atoms with van der Waals surface area (Å²) in [4.78, 5) is 22.7. The Balaban J connectivity index is 1.81. The van der Waals surface area contributed by atoms with E-state index in [0.717, 1.165) is 11.3 Å². The summed E-state index contributed by atoms with van der Waals surface area (Å²) in [6, 6.07) is 12.9. The standard InChI is InChI=1S/C16H12N4O4S/c1-24-13-8-3-2-7-12(13)14(21)17-16-19-18-15(25-16)10-5-4-6-11(9-10)20(22)23/h2-9H,1H3,(H,17,19,21). The highest BCUT2D eigenvalue weighted by Gasteiger charge is 2.15. The molecule has 8 nitrogen and oxygen atoms in total. The maximum atomic E-state index is 12.3. The quantitative estimate of drug-likeness (QED) is 0.555. The maximum absolute atomic E-state index is 12.3. The highest BCUT2D eigenvalue weighted by atomic mass is 32.1. The van der Waals surface area contributed by atoms with Crippen LogP contribution in [0.25, 0.3) is 10.6 Å². The number of nitro groups is 1. The first-order chi connectivity index (χ1) is 12.1. The molecule has 1 N–H and O–H groups in total. The van der Waals surface area contributed by atoms with E-state index in [4.69, 9.17) is 4.74 Å². The lowest BCUT2D eigenvalue weighted by atomic mass is 10.2. The fourth-order valence-electron chi connectivity index (χ4n) is 2.14. The second-order valence-corrected chi connectivity index (χ2v) is 5.85. The molecule has 0 radical (unpaired) electrons. The van der Waals surface area contributed by atoms with E-state index in [0.29, 0.717) is 21.9 Å². The minimum absolute atomic E-state index is 0.0349. The third kappa shape index (κ3) is 3.61. The molecule has 0 saturated carbocycles. The van der Waals surface area contributed by atoms with Crippen molar-refractivity contribution in [2.24, 2.45) is 0 Å². The third-order valence-corrected chi connectivity index (χ3v) is 4.19. The van der Waals surface area contributed by atoms with E-state index in [-0.39, 0.29) is 16.7 Å². The molecule has 0 aliphatic heterocycles.